The van der Waals surface area contributed by atoms with Crippen molar-refractivity contribution in [3.63, 3.8) is 0 Å². The second-order valence-corrected chi connectivity index (χ2v) is 8.27. The van der Waals surface area contributed by atoms with E-state index in [2.05, 4.69) is 4.74 Å². The van der Waals surface area contributed by atoms with Gasteiger partial charge in [-0.1, -0.05) is 18.2 Å². The fourth-order valence-electron chi connectivity index (χ4n) is 4.63. The van der Waals surface area contributed by atoms with Gasteiger partial charge in [0, 0.05) is 18.9 Å². The quantitative estimate of drug-likeness (QED) is 0.569. The van der Waals surface area contributed by atoms with E-state index in [4.69, 9.17) is 9.47 Å². The third-order valence-electron chi connectivity index (χ3n) is 5.96. The number of carbonyl (C=O) groups is 3. The molecule has 2 amide bonds. The van der Waals surface area contributed by atoms with Crippen LogP contribution in [0.5, 0.6) is 11.5 Å². The average molecular weight is 474 g/mol. The van der Waals surface area contributed by atoms with E-state index in [-0.39, 0.29) is 42.8 Å². The molecule has 0 aliphatic carbocycles. The molecule has 1 atom stereocenters. The normalized spacial score (nSPS) is 19.4. The zero-order valence-corrected chi connectivity index (χ0v) is 18.9. The molecule has 1 saturated heterocycles. The summed E-state index contributed by atoms with van der Waals surface area (Å²) >= 11 is 0. The van der Waals surface area contributed by atoms with E-state index in [1.165, 1.54) is 35.1 Å². The SMILES string of the molecule is COc1cc(COC(=O)C23CCC(=O)N2c2ccccc2C(=O)N3C(C)C)ccc1OC(F)F. The number of esters is 1. The fourth-order valence-corrected chi connectivity index (χ4v) is 4.63. The number of hydrogen-bond acceptors (Lipinski definition) is 6. The molecular formula is C24H24F2N2O6. The van der Waals surface area contributed by atoms with Gasteiger partial charge < -0.3 is 19.1 Å². The van der Waals surface area contributed by atoms with Crippen molar-refractivity contribution in [1.82, 2.24) is 4.90 Å². The number of para-hydroxylation sites is 1. The summed E-state index contributed by atoms with van der Waals surface area (Å²) in [5.74, 6) is -1.49. The first-order chi connectivity index (χ1) is 16.2. The van der Waals surface area contributed by atoms with Gasteiger partial charge in [-0.3, -0.25) is 14.5 Å². The molecular weight excluding hydrogens is 450 g/mol. The predicted octanol–water partition coefficient (Wildman–Crippen LogP) is 3.73. The van der Waals surface area contributed by atoms with E-state index in [9.17, 15) is 23.2 Å². The molecule has 10 heteroatoms. The number of hydrogen-bond donors (Lipinski definition) is 0. The third-order valence-corrected chi connectivity index (χ3v) is 5.96. The lowest BCUT2D eigenvalue weighted by atomic mass is 9.95. The Bertz CT molecular complexity index is 1140. The number of rotatable bonds is 7. The van der Waals surface area contributed by atoms with E-state index in [1.54, 1.807) is 38.1 Å². The molecule has 2 aliphatic rings. The van der Waals surface area contributed by atoms with Gasteiger partial charge >= 0.3 is 12.6 Å². The highest BCUT2D eigenvalue weighted by Crippen LogP contribution is 2.46. The van der Waals surface area contributed by atoms with Crippen molar-refractivity contribution in [3.05, 3.63) is 53.6 Å². The first-order valence-corrected chi connectivity index (χ1v) is 10.8. The van der Waals surface area contributed by atoms with Gasteiger partial charge in [0.05, 0.1) is 18.4 Å². The second kappa shape index (κ2) is 8.92. The summed E-state index contributed by atoms with van der Waals surface area (Å²) in [6.45, 7) is 0.301. The average Bonchev–Trinajstić information content (AvgIpc) is 3.15. The molecule has 0 N–H and O–H groups in total. The number of benzene rings is 2. The Morgan fingerprint density at radius 3 is 2.53 bits per heavy atom. The number of methoxy groups -OCH3 is 1. The Kier molecular flexibility index (Phi) is 6.16. The molecule has 2 heterocycles. The van der Waals surface area contributed by atoms with Gasteiger partial charge in [0.25, 0.3) is 5.91 Å². The maximum atomic E-state index is 13.6. The molecule has 0 radical (unpaired) electrons. The number of fused-ring (bicyclic) bond motifs is 3. The molecule has 8 nitrogen and oxygen atoms in total. The van der Waals surface area contributed by atoms with E-state index in [0.29, 0.717) is 16.8 Å². The summed E-state index contributed by atoms with van der Waals surface area (Å²) in [7, 11) is 1.30. The highest BCUT2D eigenvalue weighted by Gasteiger charge is 2.62. The minimum Gasteiger partial charge on any atom is -0.493 e. The Balaban J connectivity index is 1.66. The van der Waals surface area contributed by atoms with Gasteiger partial charge in [0.1, 0.15) is 6.61 Å². The summed E-state index contributed by atoms with van der Waals surface area (Å²) in [6, 6.07) is 10.5. The third kappa shape index (κ3) is 3.72. The van der Waals surface area contributed by atoms with Crippen molar-refractivity contribution in [1.29, 1.82) is 0 Å². The van der Waals surface area contributed by atoms with Crippen molar-refractivity contribution in [2.75, 3.05) is 12.0 Å². The van der Waals surface area contributed by atoms with Crippen LogP contribution in [-0.4, -0.2) is 48.1 Å². The number of anilines is 1. The molecule has 2 aromatic carbocycles. The lowest BCUT2D eigenvalue weighted by molar-refractivity contribution is -0.159. The smallest absolute Gasteiger partial charge is 0.387 e. The number of ether oxygens (including phenoxy) is 3. The Morgan fingerprint density at radius 2 is 1.85 bits per heavy atom. The van der Waals surface area contributed by atoms with Gasteiger partial charge in [-0.15, -0.1) is 0 Å². The molecule has 0 saturated carbocycles. The topological polar surface area (TPSA) is 85.4 Å². The largest absolute Gasteiger partial charge is 0.493 e. The number of halogens is 2. The summed E-state index contributed by atoms with van der Waals surface area (Å²) in [4.78, 5) is 42.7. The maximum absolute atomic E-state index is 13.6. The molecule has 2 aromatic rings. The van der Waals surface area contributed by atoms with E-state index < -0.39 is 24.3 Å². The molecule has 0 bridgehead atoms. The first kappa shape index (κ1) is 23.5. The Morgan fingerprint density at radius 1 is 1.12 bits per heavy atom. The van der Waals surface area contributed by atoms with Crippen LogP contribution in [-0.2, 0) is 20.9 Å². The van der Waals surface area contributed by atoms with Crippen molar-refractivity contribution >= 4 is 23.5 Å². The summed E-state index contributed by atoms with van der Waals surface area (Å²) < 4.78 is 40.3. The zero-order chi connectivity index (χ0) is 24.6. The van der Waals surface area contributed by atoms with Crippen LogP contribution in [0.15, 0.2) is 42.5 Å². The van der Waals surface area contributed by atoms with Crippen LogP contribution in [0.2, 0.25) is 0 Å². The van der Waals surface area contributed by atoms with Gasteiger partial charge in [-0.2, -0.15) is 8.78 Å². The first-order valence-electron chi connectivity index (χ1n) is 10.8. The molecule has 4 rings (SSSR count). The van der Waals surface area contributed by atoms with Crippen molar-refractivity contribution in [2.45, 2.75) is 51.6 Å². The minimum absolute atomic E-state index is 0.0512. The highest BCUT2D eigenvalue weighted by atomic mass is 19.3. The van der Waals surface area contributed by atoms with Crippen LogP contribution in [0.4, 0.5) is 14.5 Å². The van der Waals surface area contributed by atoms with Crippen molar-refractivity contribution < 1.29 is 37.4 Å². The van der Waals surface area contributed by atoms with Crippen LogP contribution in [0.1, 0.15) is 42.6 Å². The molecule has 0 aromatic heterocycles. The lowest BCUT2D eigenvalue weighted by Crippen LogP contribution is -2.70. The molecule has 180 valence electrons. The fraction of sp³-hybridized carbons (Fsp3) is 0.375. The van der Waals surface area contributed by atoms with Gasteiger partial charge in [0.2, 0.25) is 11.6 Å². The molecule has 1 fully saturated rings. The zero-order valence-electron chi connectivity index (χ0n) is 18.9. The maximum Gasteiger partial charge on any atom is 0.387 e. The van der Waals surface area contributed by atoms with Crippen LogP contribution in [0.25, 0.3) is 0 Å². The van der Waals surface area contributed by atoms with Crippen LogP contribution < -0.4 is 14.4 Å². The van der Waals surface area contributed by atoms with Gasteiger partial charge in [-0.05, 0) is 43.7 Å². The molecule has 2 aliphatic heterocycles. The number of nitrogens with zero attached hydrogens (tertiary/aromatic N) is 2. The predicted molar refractivity (Wildman–Crippen MR) is 117 cm³/mol. The van der Waals surface area contributed by atoms with Crippen LogP contribution >= 0.6 is 0 Å². The van der Waals surface area contributed by atoms with E-state index in [0.717, 1.165) is 0 Å². The second-order valence-electron chi connectivity index (χ2n) is 8.27. The Hall–Kier alpha value is -3.69. The molecule has 1 unspecified atom stereocenters. The van der Waals surface area contributed by atoms with Crippen molar-refractivity contribution in [2.24, 2.45) is 0 Å². The van der Waals surface area contributed by atoms with Gasteiger partial charge in [0.15, 0.2) is 11.5 Å². The van der Waals surface area contributed by atoms with Crippen LogP contribution in [0.3, 0.4) is 0 Å². The highest BCUT2D eigenvalue weighted by molar-refractivity contribution is 6.15. The van der Waals surface area contributed by atoms with Crippen LogP contribution in [0, 0.1) is 0 Å². The minimum atomic E-state index is -3.02. The van der Waals surface area contributed by atoms with Crippen molar-refractivity contribution in [3.8, 4) is 11.5 Å². The summed E-state index contributed by atoms with van der Waals surface area (Å²) in [5, 5.41) is 0. The summed E-state index contributed by atoms with van der Waals surface area (Å²) in [6.07, 6.45) is 0.167. The molecule has 0 spiro atoms. The standard InChI is InChI=1S/C24H24F2N2O6/c1-14(2)27-21(30)16-6-4-5-7-17(16)28-20(29)10-11-24(27,28)22(31)33-13-15-8-9-18(34-23(25)26)19(12-15)32-3/h4-9,12,14,23H,10-11,13H2,1-3H3. The number of alkyl halides is 2. The lowest BCUT2D eigenvalue weighted by Gasteiger charge is -2.50. The van der Waals surface area contributed by atoms with Gasteiger partial charge in [-0.25, -0.2) is 4.79 Å². The van der Waals surface area contributed by atoms with E-state index >= 15 is 0 Å². The number of carbonyl (C=O) groups excluding carboxylic acids is 3. The Labute approximate surface area is 195 Å². The molecule has 34 heavy (non-hydrogen) atoms. The van der Waals surface area contributed by atoms with E-state index in [1.807, 2.05) is 0 Å². The monoisotopic (exact) mass is 474 g/mol. The summed E-state index contributed by atoms with van der Waals surface area (Å²) in [5.41, 5.74) is -0.439. The number of amides is 2.